The summed E-state index contributed by atoms with van der Waals surface area (Å²) in [6.07, 6.45) is 8.70. The largest absolute Gasteiger partial charge is 0.347 e. The number of nitrogens with one attached hydrogen (secondary N) is 2. The Labute approximate surface area is 172 Å². The van der Waals surface area contributed by atoms with Gasteiger partial charge in [0.2, 0.25) is 11.8 Å². The van der Waals surface area contributed by atoms with Gasteiger partial charge in [0.15, 0.2) is 5.82 Å². The second kappa shape index (κ2) is 7.92. The highest BCUT2D eigenvalue weighted by Gasteiger charge is 2.51. The molecular formula is C20H32ClN5O2. The van der Waals surface area contributed by atoms with Crippen LogP contribution >= 0.6 is 12.4 Å². The van der Waals surface area contributed by atoms with E-state index < -0.39 is 0 Å². The van der Waals surface area contributed by atoms with Crippen LogP contribution in [0.5, 0.6) is 0 Å². The summed E-state index contributed by atoms with van der Waals surface area (Å²) < 4.78 is 5.38. The second-order valence-corrected chi connectivity index (χ2v) is 9.62. The fraction of sp³-hybridized carbons (Fsp3) is 0.850. The molecule has 1 aromatic rings. The molecule has 6 rings (SSSR count). The van der Waals surface area contributed by atoms with Crippen LogP contribution in [0, 0.1) is 23.2 Å². The lowest BCUT2D eigenvalue weighted by Crippen LogP contribution is -2.47. The van der Waals surface area contributed by atoms with Gasteiger partial charge in [-0.3, -0.25) is 9.69 Å². The third kappa shape index (κ3) is 3.94. The molecule has 156 valence electrons. The molecule has 7 nitrogen and oxygen atoms in total. The summed E-state index contributed by atoms with van der Waals surface area (Å²) in [6, 6.07) is 0.138. The van der Waals surface area contributed by atoms with E-state index in [-0.39, 0.29) is 29.8 Å². The standard InChI is InChI=1S/C20H31N5O2.ClH/c1-25-3-2-21-11-16(25)19-23-18(27-24-19)12-22-17(26)10-20-7-13-4-14(8-20)6-15(5-13)9-20;/h13-16,21H,2-12H2,1H3,(H,22,26);1H. The van der Waals surface area contributed by atoms with Crippen molar-refractivity contribution in [3.63, 3.8) is 0 Å². The first kappa shape index (κ1) is 20.1. The Bertz CT molecular complexity index is 673. The maximum atomic E-state index is 12.6. The van der Waals surface area contributed by atoms with Crippen molar-refractivity contribution in [1.29, 1.82) is 0 Å². The Kier molecular flexibility index (Phi) is 5.69. The average Bonchev–Trinajstić information content (AvgIpc) is 3.07. The Balaban J connectivity index is 0.00000192. The SMILES string of the molecule is CN1CCNCC1c1noc(CNC(=O)CC23CC4CC(CC(C4)C2)C3)n1.Cl. The van der Waals surface area contributed by atoms with Crippen LogP contribution in [0.4, 0.5) is 0 Å². The number of nitrogens with zero attached hydrogens (tertiary/aromatic N) is 3. The van der Waals surface area contributed by atoms with Crippen molar-refractivity contribution in [2.75, 3.05) is 26.7 Å². The lowest BCUT2D eigenvalue weighted by molar-refractivity contribution is -0.129. The van der Waals surface area contributed by atoms with E-state index in [0.717, 1.165) is 37.4 Å². The predicted octanol–water partition coefficient (Wildman–Crippen LogP) is 2.29. The number of hydrogen-bond donors (Lipinski definition) is 2. The summed E-state index contributed by atoms with van der Waals surface area (Å²) in [4.78, 5) is 19.4. The minimum atomic E-state index is 0. The first-order chi connectivity index (χ1) is 13.1. The van der Waals surface area contributed by atoms with Gasteiger partial charge in [-0.2, -0.15) is 4.98 Å². The van der Waals surface area contributed by atoms with E-state index in [1.807, 2.05) is 0 Å². The molecule has 4 bridgehead atoms. The number of aromatic nitrogens is 2. The quantitative estimate of drug-likeness (QED) is 0.776. The van der Waals surface area contributed by atoms with Crippen molar-refractivity contribution in [2.45, 2.75) is 57.5 Å². The van der Waals surface area contributed by atoms with E-state index in [2.05, 4.69) is 32.7 Å². The monoisotopic (exact) mass is 409 g/mol. The number of rotatable bonds is 5. The molecule has 4 saturated carbocycles. The normalized spacial score (nSPS) is 36.9. The molecule has 1 amide bonds. The summed E-state index contributed by atoms with van der Waals surface area (Å²) in [6.45, 7) is 3.12. The minimum Gasteiger partial charge on any atom is -0.347 e. The van der Waals surface area contributed by atoms with Crippen molar-refractivity contribution in [3.8, 4) is 0 Å². The van der Waals surface area contributed by atoms with Crippen LogP contribution < -0.4 is 10.6 Å². The van der Waals surface area contributed by atoms with Crippen molar-refractivity contribution >= 4 is 18.3 Å². The van der Waals surface area contributed by atoms with E-state index in [1.54, 1.807) is 0 Å². The van der Waals surface area contributed by atoms with E-state index in [0.29, 0.717) is 24.7 Å². The number of carbonyl (C=O) groups is 1. The molecule has 8 heteroatoms. The Morgan fingerprint density at radius 1 is 1.25 bits per heavy atom. The van der Waals surface area contributed by atoms with Gasteiger partial charge < -0.3 is 15.2 Å². The van der Waals surface area contributed by atoms with Gasteiger partial charge in [-0.25, -0.2) is 0 Å². The average molecular weight is 410 g/mol. The molecule has 1 unspecified atom stereocenters. The number of amides is 1. The fourth-order valence-electron chi connectivity index (χ4n) is 6.65. The van der Waals surface area contributed by atoms with E-state index >= 15 is 0 Å². The van der Waals surface area contributed by atoms with Crippen molar-refractivity contribution < 1.29 is 9.32 Å². The summed E-state index contributed by atoms with van der Waals surface area (Å²) in [7, 11) is 2.08. The van der Waals surface area contributed by atoms with Crippen LogP contribution in [-0.2, 0) is 11.3 Å². The minimum absolute atomic E-state index is 0. The van der Waals surface area contributed by atoms with Crippen LogP contribution in [0.2, 0.25) is 0 Å². The second-order valence-electron chi connectivity index (χ2n) is 9.62. The van der Waals surface area contributed by atoms with Gasteiger partial charge in [-0.1, -0.05) is 5.16 Å². The van der Waals surface area contributed by atoms with E-state index in [9.17, 15) is 4.79 Å². The molecule has 28 heavy (non-hydrogen) atoms. The van der Waals surface area contributed by atoms with Gasteiger partial charge in [-0.15, -0.1) is 12.4 Å². The first-order valence-electron chi connectivity index (χ1n) is 10.6. The number of likely N-dealkylation sites (N-methyl/N-ethyl adjacent to an activating group) is 1. The molecule has 2 heterocycles. The molecule has 0 radical (unpaired) electrons. The Hall–Kier alpha value is -1.18. The van der Waals surface area contributed by atoms with Gasteiger partial charge >= 0.3 is 0 Å². The van der Waals surface area contributed by atoms with Gasteiger partial charge in [0.1, 0.15) is 0 Å². The highest BCUT2D eigenvalue weighted by atomic mass is 35.5. The molecule has 1 atom stereocenters. The summed E-state index contributed by atoms with van der Waals surface area (Å²) in [5, 5.41) is 10.5. The summed E-state index contributed by atoms with van der Waals surface area (Å²) in [5.41, 5.74) is 0.273. The lowest BCUT2D eigenvalue weighted by atomic mass is 9.49. The fourth-order valence-corrected chi connectivity index (χ4v) is 6.65. The summed E-state index contributed by atoms with van der Waals surface area (Å²) >= 11 is 0. The maximum absolute atomic E-state index is 12.6. The molecule has 5 aliphatic rings. The highest BCUT2D eigenvalue weighted by Crippen LogP contribution is 2.61. The zero-order chi connectivity index (χ0) is 18.4. The van der Waals surface area contributed by atoms with Crippen molar-refractivity contribution in [1.82, 2.24) is 25.7 Å². The third-order valence-electron chi connectivity index (χ3n) is 7.43. The van der Waals surface area contributed by atoms with E-state index in [4.69, 9.17) is 4.52 Å². The Morgan fingerprint density at radius 3 is 2.57 bits per heavy atom. The molecular weight excluding hydrogens is 378 g/mol. The van der Waals surface area contributed by atoms with Crippen LogP contribution in [0.1, 0.15) is 62.7 Å². The van der Waals surface area contributed by atoms with Crippen LogP contribution in [0.3, 0.4) is 0 Å². The summed E-state index contributed by atoms with van der Waals surface area (Å²) in [5.74, 6) is 3.99. The molecule has 1 aromatic heterocycles. The number of hydrogen-bond acceptors (Lipinski definition) is 6. The van der Waals surface area contributed by atoms with Gasteiger partial charge in [0, 0.05) is 26.1 Å². The molecule has 5 fully saturated rings. The third-order valence-corrected chi connectivity index (χ3v) is 7.43. The zero-order valence-electron chi connectivity index (χ0n) is 16.7. The molecule has 4 aliphatic carbocycles. The van der Waals surface area contributed by atoms with Crippen molar-refractivity contribution in [3.05, 3.63) is 11.7 Å². The number of piperazine rings is 1. The molecule has 1 saturated heterocycles. The van der Waals surface area contributed by atoms with Crippen LogP contribution in [0.25, 0.3) is 0 Å². The first-order valence-corrected chi connectivity index (χ1v) is 10.6. The smallest absolute Gasteiger partial charge is 0.246 e. The topological polar surface area (TPSA) is 83.3 Å². The van der Waals surface area contributed by atoms with Gasteiger partial charge in [0.05, 0.1) is 12.6 Å². The molecule has 2 N–H and O–H groups in total. The van der Waals surface area contributed by atoms with Crippen molar-refractivity contribution in [2.24, 2.45) is 23.2 Å². The highest BCUT2D eigenvalue weighted by molar-refractivity contribution is 5.85. The van der Waals surface area contributed by atoms with E-state index in [1.165, 1.54) is 38.5 Å². The van der Waals surface area contributed by atoms with Gasteiger partial charge in [-0.05, 0) is 68.7 Å². The molecule has 0 aromatic carbocycles. The maximum Gasteiger partial charge on any atom is 0.246 e. The van der Waals surface area contributed by atoms with Crippen LogP contribution in [-0.4, -0.2) is 47.6 Å². The molecule has 0 spiro atoms. The van der Waals surface area contributed by atoms with Crippen LogP contribution in [0.15, 0.2) is 4.52 Å². The lowest BCUT2D eigenvalue weighted by Gasteiger charge is -2.56. The Morgan fingerprint density at radius 2 is 1.93 bits per heavy atom. The molecule has 1 aliphatic heterocycles. The predicted molar refractivity (Wildman–Crippen MR) is 107 cm³/mol. The van der Waals surface area contributed by atoms with Gasteiger partial charge in [0.25, 0.3) is 0 Å². The zero-order valence-corrected chi connectivity index (χ0v) is 17.5. The number of halogens is 1. The number of carbonyl (C=O) groups excluding carboxylic acids is 1.